The van der Waals surface area contributed by atoms with Crippen LogP contribution in [-0.2, 0) is 30.3 Å². The van der Waals surface area contributed by atoms with Gasteiger partial charge in [-0.15, -0.1) is 0 Å². The molecule has 2 heterocycles. The van der Waals surface area contributed by atoms with Gasteiger partial charge in [-0.25, -0.2) is 9.78 Å². The second-order valence-electron chi connectivity index (χ2n) is 7.04. The number of hydrogen-bond donors (Lipinski definition) is 1. The van der Waals surface area contributed by atoms with E-state index < -0.39 is 11.6 Å². The molecule has 3 amide bonds. The Kier molecular flexibility index (Phi) is 4.32. The number of imide groups is 1. The van der Waals surface area contributed by atoms with E-state index in [1.54, 1.807) is 18.7 Å². The fourth-order valence-corrected chi connectivity index (χ4v) is 3.09. The highest BCUT2D eigenvalue weighted by Gasteiger charge is 2.49. The molecule has 1 unspecified atom stereocenters. The van der Waals surface area contributed by atoms with Crippen molar-refractivity contribution in [1.82, 2.24) is 25.0 Å². The Morgan fingerprint density at radius 2 is 1.88 bits per heavy atom. The Morgan fingerprint density at radius 1 is 1.20 bits per heavy atom. The zero-order valence-electron chi connectivity index (χ0n) is 15.0. The summed E-state index contributed by atoms with van der Waals surface area (Å²) in [6.07, 6.45) is 2.38. The first kappa shape index (κ1) is 17.1. The van der Waals surface area contributed by atoms with Crippen LogP contribution >= 0.6 is 0 Å². The van der Waals surface area contributed by atoms with Crippen molar-refractivity contribution < 1.29 is 9.59 Å². The van der Waals surface area contributed by atoms with E-state index in [0.717, 1.165) is 12.0 Å². The molecule has 0 bridgehead atoms. The second-order valence-corrected chi connectivity index (χ2v) is 7.04. The number of carbonyl (C=O) groups is 2. The SMILES string of the molecule is CC(C)Cc1ccc(C2(C)NC(=O)N(Cc3ncnn3C)C2=O)cc1. The van der Waals surface area contributed by atoms with Gasteiger partial charge in [0.15, 0.2) is 0 Å². The molecule has 0 saturated carbocycles. The maximum atomic E-state index is 12.9. The minimum atomic E-state index is -1.06. The van der Waals surface area contributed by atoms with Gasteiger partial charge < -0.3 is 5.32 Å². The smallest absolute Gasteiger partial charge is 0.319 e. The topological polar surface area (TPSA) is 80.1 Å². The number of aryl methyl sites for hydroxylation is 1. The molecule has 1 aliphatic rings. The van der Waals surface area contributed by atoms with Gasteiger partial charge in [-0.2, -0.15) is 5.10 Å². The normalized spacial score (nSPS) is 20.4. The number of nitrogens with one attached hydrogen (secondary N) is 1. The maximum Gasteiger partial charge on any atom is 0.325 e. The zero-order chi connectivity index (χ0) is 18.2. The molecular weight excluding hydrogens is 318 g/mol. The van der Waals surface area contributed by atoms with Crippen molar-refractivity contribution in [1.29, 1.82) is 0 Å². The van der Waals surface area contributed by atoms with E-state index in [9.17, 15) is 9.59 Å². The molecule has 0 spiro atoms. The van der Waals surface area contributed by atoms with Crippen LogP contribution in [0, 0.1) is 5.92 Å². The van der Waals surface area contributed by atoms with Gasteiger partial charge in [0, 0.05) is 7.05 Å². The minimum absolute atomic E-state index is 0.0994. The van der Waals surface area contributed by atoms with Gasteiger partial charge >= 0.3 is 6.03 Å². The van der Waals surface area contributed by atoms with Gasteiger partial charge in [-0.05, 0) is 30.4 Å². The van der Waals surface area contributed by atoms with Crippen LogP contribution in [0.1, 0.15) is 37.7 Å². The molecule has 1 aromatic carbocycles. The molecule has 1 saturated heterocycles. The van der Waals surface area contributed by atoms with Gasteiger partial charge in [0.25, 0.3) is 5.91 Å². The van der Waals surface area contributed by atoms with E-state index in [0.29, 0.717) is 11.7 Å². The number of aromatic nitrogens is 3. The van der Waals surface area contributed by atoms with Crippen LogP contribution in [0.25, 0.3) is 0 Å². The minimum Gasteiger partial charge on any atom is -0.319 e. The van der Waals surface area contributed by atoms with E-state index in [2.05, 4.69) is 29.2 Å². The molecule has 7 nitrogen and oxygen atoms in total. The Morgan fingerprint density at radius 3 is 2.44 bits per heavy atom. The molecule has 2 aromatic rings. The van der Waals surface area contributed by atoms with E-state index in [1.807, 2.05) is 24.3 Å². The lowest BCUT2D eigenvalue weighted by Gasteiger charge is -2.22. The Labute approximate surface area is 147 Å². The summed E-state index contributed by atoms with van der Waals surface area (Å²) < 4.78 is 1.55. The average Bonchev–Trinajstić information content (AvgIpc) is 3.05. The van der Waals surface area contributed by atoms with Crippen LogP contribution < -0.4 is 5.32 Å². The van der Waals surface area contributed by atoms with Crippen molar-refractivity contribution in [2.45, 2.75) is 39.3 Å². The molecule has 1 fully saturated rings. The van der Waals surface area contributed by atoms with Crippen LogP contribution in [0.5, 0.6) is 0 Å². The van der Waals surface area contributed by atoms with Crippen molar-refractivity contribution in [2.24, 2.45) is 13.0 Å². The lowest BCUT2D eigenvalue weighted by Crippen LogP contribution is -2.40. The fourth-order valence-electron chi connectivity index (χ4n) is 3.09. The highest BCUT2D eigenvalue weighted by Crippen LogP contribution is 2.30. The number of amides is 3. The number of rotatable bonds is 5. The number of carbonyl (C=O) groups excluding carboxylic acids is 2. The van der Waals surface area contributed by atoms with Gasteiger partial charge in [-0.1, -0.05) is 38.1 Å². The summed E-state index contributed by atoms with van der Waals surface area (Å²) in [7, 11) is 1.73. The Balaban J connectivity index is 1.83. The largest absolute Gasteiger partial charge is 0.325 e. The lowest BCUT2D eigenvalue weighted by atomic mass is 9.90. The summed E-state index contributed by atoms with van der Waals surface area (Å²) in [5, 5.41) is 6.79. The molecular formula is C18H23N5O2. The quantitative estimate of drug-likeness (QED) is 0.843. The lowest BCUT2D eigenvalue weighted by molar-refractivity contribution is -0.131. The van der Waals surface area contributed by atoms with Crippen LogP contribution in [-0.4, -0.2) is 31.6 Å². The molecule has 0 radical (unpaired) electrons. The second kappa shape index (κ2) is 6.31. The summed E-state index contributed by atoms with van der Waals surface area (Å²) in [6.45, 7) is 6.17. The van der Waals surface area contributed by atoms with Crippen LogP contribution in [0.15, 0.2) is 30.6 Å². The number of urea groups is 1. The molecule has 25 heavy (non-hydrogen) atoms. The van der Waals surface area contributed by atoms with Gasteiger partial charge in [0.05, 0.1) is 6.54 Å². The third kappa shape index (κ3) is 3.14. The number of hydrogen-bond acceptors (Lipinski definition) is 4. The summed E-state index contributed by atoms with van der Waals surface area (Å²) in [6, 6.07) is 7.46. The highest BCUT2D eigenvalue weighted by atomic mass is 16.2. The monoisotopic (exact) mass is 341 g/mol. The molecule has 132 valence electrons. The number of benzene rings is 1. The molecule has 1 aromatic heterocycles. The average molecular weight is 341 g/mol. The van der Waals surface area contributed by atoms with Gasteiger partial charge in [0.1, 0.15) is 17.7 Å². The van der Waals surface area contributed by atoms with Crippen molar-refractivity contribution in [2.75, 3.05) is 0 Å². The molecule has 0 aliphatic carbocycles. The first-order chi connectivity index (χ1) is 11.8. The molecule has 3 rings (SSSR count). The Bertz CT molecular complexity index is 796. The summed E-state index contributed by atoms with van der Waals surface area (Å²) in [4.78, 5) is 30.6. The highest BCUT2D eigenvalue weighted by molar-refractivity contribution is 6.07. The van der Waals surface area contributed by atoms with Gasteiger partial charge in [0.2, 0.25) is 0 Å². The molecule has 1 N–H and O–H groups in total. The predicted octanol–water partition coefficient (Wildman–Crippen LogP) is 1.98. The third-order valence-corrected chi connectivity index (χ3v) is 4.55. The standard InChI is InChI=1S/C18H23N5O2/c1-12(2)9-13-5-7-14(8-6-13)18(3)16(24)23(17(25)21-18)10-15-19-11-20-22(15)4/h5-8,11-12H,9-10H2,1-4H3,(H,21,25). The van der Waals surface area contributed by atoms with Crippen LogP contribution in [0.3, 0.4) is 0 Å². The first-order valence-electron chi connectivity index (χ1n) is 8.37. The van der Waals surface area contributed by atoms with Crippen LogP contribution in [0.4, 0.5) is 4.79 Å². The Hall–Kier alpha value is -2.70. The predicted molar refractivity (Wildman–Crippen MR) is 92.4 cm³/mol. The fraction of sp³-hybridized carbons (Fsp3) is 0.444. The summed E-state index contributed by atoms with van der Waals surface area (Å²) in [5.41, 5.74) is 0.931. The van der Waals surface area contributed by atoms with Crippen LogP contribution in [0.2, 0.25) is 0 Å². The van der Waals surface area contributed by atoms with Crippen molar-refractivity contribution in [3.63, 3.8) is 0 Å². The van der Waals surface area contributed by atoms with E-state index >= 15 is 0 Å². The van der Waals surface area contributed by atoms with E-state index in [1.165, 1.54) is 16.8 Å². The van der Waals surface area contributed by atoms with Crippen molar-refractivity contribution >= 4 is 11.9 Å². The van der Waals surface area contributed by atoms with Gasteiger partial charge in [-0.3, -0.25) is 14.4 Å². The zero-order valence-corrected chi connectivity index (χ0v) is 15.0. The van der Waals surface area contributed by atoms with Crippen molar-refractivity contribution in [3.05, 3.63) is 47.5 Å². The molecule has 1 aliphatic heterocycles. The molecule has 7 heteroatoms. The third-order valence-electron chi connectivity index (χ3n) is 4.55. The van der Waals surface area contributed by atoms with Crippen molar-refractivity contribution in [3.8, 4) is 0 Å². The summed E-state index contributed by atoms with van der Waals surface area (Å²) >= 11 is 0. The maximum absolute atomic E-state index is 12.9. The first-order valence-corrected chi connectivity index (χ1v) is 8.37. The molecule has 1 atom stereocenters. The summed E-state index contributed by atoms with van der Waals surface area (Å²) in [5.74, 6) is 0.841. The number of nitrogens with zero attached hydrogens (tertiary/aromatic N) is 4. The van der Waals surface area contributed by atoms with E-state index in [-0.39, 0.29) is 12.5 Å². The van der Waals surface area contributed by atoms with E-state index in [4.69, 9.17) is 0 Å².